The van der Waals surface area contributed by atoms with Gasteiger partial charge in [0.2, 0.25) is 5.88 Å². The van der Waals surface area contributed by atoms with Crippen molar-refractivity contribution in [2.45, 2.75) is 13.0 Å². The second kappa shape index (κ2) is 7.23. The van der Waals surface area contributed by atoms with Crippen molar-refractivity contribution >= 4 is 11.7 Å². The van der Waals surface area contributed by atoms with E-state index in [1.54, 1.807) is 19.4 Å². The van der Waals surface area contributed by atoms with Crippen LogP contribution in [0.5, 0.6) is 5.88 Å². The highest BCUT2D eigenvalue weighted by atomic mass is 16.5. The molecule has 0 aliphatic rings. The van der Waals surface area contributed by atoms with Gasteiger partial charge in [0.15, 0.2) is 0 Å². The predicted molar refractivity (Wildman–Crippen MR) is 82.6 cm³/mol. The fourth-order valence-corrected chi connectivity index (χ4v) is 1.94. The Morgan fingerprint density at radius 1 is 1.33 bits per heavy atom. The summed E-state index contributed by atoms with van der Waals surface area (Å²) in [4.78, 5) is 10.6. The molecule has 0 bridgehead atoms. The molecule has 0 fully saturated rings. The maximum absolute atomic E-state index is 7.40. The van der Waals surface area contributed by atoms with E-state index < -0.39 is 0 Å². The predicted octanol–water partition coefficient (Wildman–Crippen LogP) is 1.82. The zero-order chi connectivity index (χ0) is 15.1. The molecule has 0 unspecified atom stereocenters. The fraction of sp³-hybridized carbons (Fsp3) is 0.267. The van der Waals surface area contributed by atoms with Gasteiger partial charge >= 0.3 is 0 Å². The van der Waals surface area contributed by atoms with Crippen molar-refractivity contribution in [2.24, 2.45) is 5.73 Å². The number of methoxy groups -OCH3 is 1. The van der Waals surface area contributed by atoms with E-state index in [-0.39, 0.29) is 5.84 Å². The first kappa shape index (κ1) is 14.8. The zero-order valence-corrected chi connectivity index (χ0v) is 12.0. The van der Waals surface area contributed by atoms with E-state index in [9.17, 15) is 0 Å². The third kappa shape index (κ3) is 4.45. The average molecular weight is 285 g/mol. The molecule has 0 aromatic carbocycles. The van der Waals surface area contributed by atoms with Gasteiger partial charge in [0, 0.05) is 38.0 Å². The van der Waals surface area contributed by atoms with Gasteiger partial charge in [-0.15, -0.1) is 0 Å². The lowest BCUT2D eigenvalue weighted by molar-refractivity contribution is 0.398. The van der Waals surface area contributed by atoms with Crippen molar-refractivity contribution in [1.82, 2.24) is 9.97 Å². The van der Waals surface area contributed by atoms with Gasteiger partial charge in [0.25, 0.3) is 0 Å². The molecule has 6 nitrogen and oxygen atoms in total. The molecule has 0 saturated carbocycles. The molecule has 0 aliphatic heterocycles. The number of anilines is 1. The third-order valence-electron chi connectivity index (χ3n) is 2.99. The van der Waals surface area contributed by atoms with Gasteiger partial charge in [0.05, 0.1) is 12.9 Å². The van der Waals surface area contributed by atoms with Gasteiger partial charge in [0.1, 0.15) is 5.82 Å². The lowest BCUT2D eigenvalue weighted by Gasteiger charge is -2.23. The Kier molecular flexibility index (Phi) is 5.09. The van der Waals surface area contributed by atoms with Crippen LogP contribution < -0.4 is 15.4 Å². The molecule has 0 saturated heterocycles. The lowest BCUT2D eigenvalue weighted by atomic mass is 10.2. The minimum atomic E-state index is 0.161. The molecule has 0 radical (unpaired) electrons. The Morgan fingerprint density at radius 2 is 2.19 bits per heavy atom. The summed E-state index contributed by atoms with van der Waals surface area (Å²) in [5.74, 6) is 1.51. The van der Waals surface area contributed by atoms with Gasteiger partial charge in [-0.2, -0.15) is 4.98 Å². The van der Waals surface area contributed by atoms with Gasteiger partial charge in [-0.1, -0.05) is 12.1 Å². The second-order valence-corrected chi connectivity index (χ2v) is 4.60. The van der Waals surface area contributed by atoms with Crippen LogP contribution >= 0.6 is 0 Å². The SMILES string of the molecule is COc1cccc(N(CCC(=N)N)Cc2cccnc2)n1. The lowest BCUT2D eigenvalue weighted by Crippen LogP contribution is -2.28. The number of aromatic nitrogens is 2. The Labute approximate surface area is 124 Å². The number of nitrogens with one attached hydrogen (secondary N) is 1. The van der Waals surface area contributed by atoms with E-state index in [1.165, 1.54) is 0 Å². The van der Waals surface area contributed by atoms with Gasteiger partial charge in [-0.25, -0.2) is 0 Å². The number of nitrogens with two attached hydrogens (primary N) is 1. The number of hydrogen-bond acceptors (Lipinski definition) is 5. The number of hydrogen-bond donors (Lipinski definition) is 2. The van der Waals surface area contributed by atoms with Crippen molar-refractivity contribution in [3.63, 3.8) is 0 Å². The Balaban J connectivity index is 2.20. The molecule has 0 atom stereocenters. The van der Waals surface area contributed by atoms with Crippen molar-refractivity contribution in [3.8, 4) is 5.88 Å². The smallest absolute Gasteiger partial charge is 0.214 e. The molecular formula is C15H19N5O. The highest BCUT2D eigenvalue weighted by Crippen LogP contribution is 2.18. The summed E-state index contributed by atoms with van der Waals surface area (Å²) in [6.45, 7) is 1.27. The van der Waals surface area contributed by atoms with E-state index in [4.69, 9.17) is 15.9 Å². The Morgan fingerprint density at radius 3 is 2.86 bits per heavy atom. The van der Waals surface area contributed by atoms with Crippen molar-refractivity contribution < 1.29 is 4.74 Å². The Bertz CT molecular complexity index is 588. The first-order valence-corrected chi connectivity index (χ1v) is 6.67. The van der Waals surface area contributed by atoms with Crippen LogP contribution in [-0.4, -0.2) is 29.5 Å². The summed E-state index contributed by atoms with van der Waals surface area (Å²) in [7, 11) is 1.59. The highest BCUT2D eigenvalue weighted by molar-refractivity contribution is 5.77. The summed E-state index contributed by atoms with van der Waals surface area (Å²) in [6, 6.07) is 9.52. The van der Waals surface area contributed by atoms with E-state index in [0.29, 0.717) is 25.4 Å². The molecule has 6 heteroatoms. The maximum Gasteiger partial charge on any atom is 0.214 e. The minimum absolute atomic E-state index is 0.161. The van der Waals surface area contributed by atoms with Crippen LogP contribution in [0.15, 0.2) is 42.7 Å². The van der Waals surface area contributed by atoms with Gasteiger partial charge in [-0.3, -0.25) is 10.4 Å². The Hall–Kier alpha value is -2.63. The van der Waals surface area contributed by atoms with Crippen LogP contribution in [0.4, 0.5) is 5.82 Å². The van der Waals surface area contributed by atoms with E-state index in [0.717, 1.165) is 11.4 Å². The van der Waals surface area contributed by atoms with Crippen LogP contribution in [0.2, 0.25) is 0 Å². The summed E-state index contributed by atoms with van der Waals surface area (Å²) in [5, 5.41) is 7.40. The number of nitrogens with zero attached hydrogens (tertiary/aromatic N) is 3. The minimum Gasteiger partial charge on any atom is -0.481 e. The molecule has 3 N–H and O–H groups in total. The second-order valence-electron chi connectivity index (χ2n) is 4.60. The molecular weight excluding hydrogens is 266 g/mol. The van der Waals surface area contributed by atoms with Crippen molar-refractivity contribution in [3.05, 3.63) is 48.3 Å². The quantitative estimate of drug-likeness (QED) is 0.598. The summed E-state index contributed by atoms with van der Waals surface area (Å²) in [6.07, 6.45) is 4.05. The molecule has 0 spiro atoms. The molecule has 2 heterocycles. The molecule has 0 aliphatic carbocycles. The van der Waals surface area contributed by atoms with Crippen LogP contribution in [0.3, 0.4) is 0 Å². The third-order valence-corrected chi connectivity index (χ3v) is 2.99. The summed E-state index contributed by atoms with van der Waals surface area (Å²) >= 11 is 0. The van der Waals surface area contributed by atoms with Crippen LogP contribution in [0, 0.1) is 5.41 Å². The average Bonchev–Trinajstić information content (AvgIpc) is 2.52. The summed E-state index contributed by atoms with van der Waals surface area (Å²) in [5.41, 5.74) is 6.54. The summed E-state index contributed by atoms with van der Waals surface area (Å²) < 4.78 is 5.16. The normalized spacial score (nSPS) is 10.1. The van der Waals surface area contributed by atoms with E-state index in [2.05, 4.69) is 14.9 Å². The van der Waals surface area contributed by atoms with Crippen LogP contribution in [0.25, 0.3) is 0 Å². The molecule has 0 amide bonds. The molecule has 2 aromatic rings. The van der Waals surface area contributed by atoms with Crippen molar-refractivity contribution in [2.75, 3.05) is 18.6 Å². The maximum atomic E-state index is 7.40. The topological polar surface area (TPSA) is 88.1 Å². The van der Waals surface area contributed by atoms with E-state index >= 15 is 0 Å². The molecule has 21 heavy (non-hydrogen) atoms. The van der Waals surface area contributed by atoms with Gasteiger partial charge in [-0.05, 0) is 17.7 Å². The first-order chi connectivity index (χ1) is 10.2. The highest BCUT2D eigenvalue weighted by Gasteiger charge is 2.10. The van der Waals surface area contributed by atoms with Gasteiger partial charge < -0.3 is 15.4 Å². The fourth-order valence-electron chi connectivity index (χ4n) is 1.94. The standard InChI is InChI=1S/C15H19N5O/c1-21-15-6-2-5-14(19-15)20(9-7-13(16)17)11-12-4-3-8-18-10-12/h2-6,8,10H,7,9,11H2,1H3,(H3,16,17). The first-order valence-electron chi connectivity index (χ1n) is 6.67. The molecule has 110 valence electrons. The van der Waals surface area contributed by atoms with Crippen LogP contribution in [-0.2, 0) is 6.54 Å². The largest absolute Gasteiger partial charge is 0.481 e. The van der Waals surface area contributed by atoms with Crippen LogP contribution in [0.1, 0.15) is 12.0 Å². The van der Waals surface area contributed by atoms with Crippen molar-refractivity contribution in [1.29, 1.82) is 5.41 Å². The number of ether oxygens (including phenoxy) is 1. The number of amidine groups is 1. The number of pyridine rings is 2. The molecule has 2 rings (SSSR count). The number of rotatable bonds is 7. The molecule has 2 aromatic heterocycles. The monoisotopic (exact) mass is 285 g/mol. The van der Waals surface area contributed by atoms with E-state index in [1.807, 2.05) is 30.5 Å². The zero-order valence-electron chi connectivity index (χ0n) is 12.0.